The van der Waals surface area contributed by atoms with Gasteiger partial charge in [-0.1, -0.05) is 23.9 Å². The van der Waals surface area contributed by atoms with Crippen LogP contribution >= 0.6 is 23.4 Å². The van der Waals surface area contributed by atoms with E-state index in [0.717, 1.165) is 21.1 Å². The lowest BCUT2D eigenvalue weighted by Gasteiger charge is -2.00. The van der Waals surface area contributed by atoms with E-state index in [1.807, 2.05) is 36.4 Å². The van der Waals surface area contributed by atoms with Gasteiger partial charge in [-0.25, -0.2) is 4.99 Å². The van der Waals surface area contributed by atoms with E-state index in [2.05, 4.69) is 17.1 Å². The van der Waals surface area contributed by atoms with Crippen molar-refractivity contribution in [3.63, 3.8) is 0 Å². The Hall–Kier alpha value is -1.34. The molecule has 0 amide bonds. The molecule has 76 valence electrons. The van der Waals surface area contributed by atoms with Gasteiger partial charge in [0.15, 0.2) is 5.17 Å². The first-order valence-electron chi connectivity index (χ1n) is 4.86. The maximum Gasteiger partial charge on any atom is 0.196 e. The monoisotopic (exact) mass is 244 g/mol. The molecule has 1 aromatic carbocycles. The van der Waals surface area contributed by atoms with Crippen LogP contribution in [0.2, 0.25) is 0 Å². The Labute approximate surface area is 103 Å². The van der Waals surface area contributed by atoms with Crippen molar-refractivity contribution in [3.05, 3.63) is 59.0 Å². The van der Waals surface area contributed by atoms with Crippen molar-refractivity contribution in [1.82, 2.24) is 0 Å². The summed E-state index contributed by atoms with van der Waals surface area (Å²) >= 11 is 7.88. The highest BCUT2D eigenvalue weighted by atomic mass is 35.5. The van der Waals surface area contributed by atoms with E-state index in [0.29, 0.717) is 5.17 Å². The van der Waals surface area contributed by atoms with E-state index in [-0.39, 0.29) is 0 Å². The van der Waals surface area contributed by atoms with Crippen molar-refractivity contribution in [2.45, 2.75) is 4.90 Å². The number of hydrogen-bond donors (Lipinski definition) is 0. The van der Waals surface area contributed by atoms with E-state index >= 15 is 0 Å². The minimum atomic E-state index is 0.532. The quantitative estimate of drug-likeness (QED) is 0.622. The first-order valence-corrected chi connectivity index (χ1v) is 6.05. The fourth-order valence-corrected chi connectivity index (χ4v) is 2.89. The van der Waals surface area contributed by atoms with E-state index in [4.69, 9.17) is 11.6 Å². The minimum absolute atomic E-state index is 0.532. The van der Waals surface area contributed by atoms with Crippen LogP contribution in [0.4, 0.5) is 5.69 Å². The molecule has 0 saturated carbocycles. The number of nitrogens with zero attached hydrogens (tertiary/aromatic N) is 1. The number of hydrogen-bond acceptors (Lipinski definition) is 2. The molecule has 1 aliphatic carbocycles. The molecule has 1 aromatic rings. The molecule has 1 nitrogen and oxygen atoms in total. The van der Waals surface area contributed by atoms with Crippen molar-refractivity contribution >= 4 is 34.2 Å². The van der Waals surface area contributed by atoms with Crippen LogP contribution in [-0.2, 0) is 0 Å². The minimum Gasteiger partial charge on any atom is -0.222 e. The summed E-state index contributed by atoms with van der Waals surface area (Å²) in [6.45, 7) is 0. The Balaban J connectivity index is 2.21. The second kappa shape index (κ2) is 3.91. The van der Waals surface area contributed by atoms with Crippen LogP contribution in [0.5, 0.6) is 0 Å². The van der Waals surface area contributed by atoms with Gasteiger partial charge < -0.3 is 0 Å². The lowest BCUT2D eigenvalue weighted by molar-refractivity contribution is 1.39. The van der Waals surface area contributed by atoms with Crippen molar-refractivity contribution in [2.24, 2.45) is 4.99 Å². The summed E-state index contributed by atoms with van der Waals surface area (Å²) in [7, 11) is 0. The average molecular weight is 245 g/mol. The fourth-order valence-electron chi connectivity index (χ4n) is 1.59. The molecule has 3 rings (SSSR count). The normalized spacial score (nSPS) is 17.2. The number of benzene rings is 1. The van der Waals surface area contributed by atoms with Crippen LogP contribution in [-0.4, -0.2) is 5.17 Å². The number of halogens is 1. The standard InChI is InChI=1S/C13H7ClNS/c14-13-9-5-1-3-7-11(9)16-12-8-4-2-6-10(12)15-13/h2-8H/q+1. The van der Waals surface area contributed by atoms with Crippen LogP contribution < -0.4 is 0 Å². The summed E-state index contributed by atoms with van der Waals surface area (Å²) in [4.78, 5) is 6.67. The highest BCUT2D eigenvalue weighted by molar-refractivity contribution is 8.03. The molecule has 0 unspecified atom stereocenters. The summed E-state index contributed by atoms with van der Waals surface area (Å²) < 4.78 is 0. The van der Waals surface area contributed by atoms with Crippen molar-refractivity contribution in [2.75, 3.05) is 0 Å². The molecule has 2 aliphatic rings. The highest BCUT2D eigenvalue weighted by Crippen LogP contribution is 2.41. The van der Waals surface area contributed by atoms with Crippen molar-refractivity contribution in [1.29, 1.82) is 0 Å². The molecule has 0 spiro atoms. The van der Waals surface area contributed by atoms with Gasteiger partial charge in [0.25, 0.3) is 0 Å². The van der Waals surface area contributed by atoms with E-state index in [1.54, 1.807) is 11.8 Å². The zero-order chi connectivity index (χ0) is 11.0. The predicted octanol–water partition coefficient (Wildman–Crippen LogP) is 4.24. The summed E-state index contributed by atoms with van der Waals surface area (Å²) in [5, 5.41) is 0.532. The summed E-state index contributed by atoms with van der Waals surface area (Å²) in [5.41, 5.74) is 1.87. The molecular formula is C13H7ClNS+. The van der Waals surface area contributed by atoms with Crippen LogP contribution in [0, 0.1) is 6.08 Å². The average Bonchev–Trinajstić information content (AvgIpc) is 2.45. The van der Waals surface area contributed by atoms with E-state index in [1.165, 1.54) is 0 Å². The summed E-state index contributed by atoms with van der Waals surface area (Å²) in [5.74, 6) is 0. The molecule has 0 radical (unpaired) electrons. The van der Waals surface area contributed by atoms with Crippen LogP contribution in [0.3, 0.4) is 0 Å². The first kappa shape index (κ1) is 9.86. The fraction of sp³-hybridized carbons (Fsp3) is 0. The van der Waals surface area contributed by atoms with Gasteiger partial charge in [0.1, 0.15) is 22.6 Å². The van der Waals surface area contributed by atoms with Gasteiger partial charge in [0.05, 0.1) is 11.8 Å². The van der Waals surface area contributed by atoms with Gasteiger partial charge in [-0.2, -0.15) is 0 Å². The van der Waals surface area contributed by atoms with Gasteiger partial charge in [0, 0.05) is 11.0 Å². The molecule has 16 heavy (non-hydrogen) atoms. The Kier molecular flexibility index (Phi) is 2.41. The predicted molar refractivity (Wildman–Crippen MR) is 69.2 cm³/mol. The van der Waals surface area contributed by atoms with E-state index in [9.17, 15) is 0 Å². The molecular weight excluding hydrogens is 238 g/mol. The van der Waals surface area contributed by atoms with Crippen LogP contribution in [0.15, 0.2) is 62.9 Å². The maximum absolute atomic E-state index is 6.20. The van der Waals surface area contributed by atoms with Crippen LogP contribution in [0.25, 0.3) is 0 Å². The van der Waals surface area contributed by atoms with Gasteiger partial charge in [0.2, 0.25) is 0 Å². The molecule has 3 heteroatoms. The number of aliphatic imine (C=N–C) groups is 1. The molecule has 0 fully saturated rings. The van der Waals surface area contributed by atoms with Gasteiger partial charge in [-0.05, 0) is 23.7 Å². The van der Waals surface area contributed by atoms with Gasteiger partial charge >= 0.3 is 0 Å². The molecule has 0 N–H and O–H groups in total. The molecule has 0 saturated heterocycles. The number of rotatable bonds is 0. The lowest BCUT2D eigenvalue weighted by Crippen LogP contribution is -1.94. The second-order valence-electron chi connectivity index (χ2n) is 3.39. The van der Waals surface area contributed by atoms with Crippen LogP contribution in [0.1, 0.15) is 0 Å². The smallest absolute Gasteiger partial charge is 0.196 e. The molecule has 0 bridgehead atoms. The summed E-state index contributed by atoms with van der Waals surface area (Å²) in [6.07, 6.45) is 8.81. The topological polar surface area (TPSA) is 12.4 Å². The number of para-hydroxylation sites is 1. The van der Waals surface area contributed by atoms with Crippen molar-refractivity contribution < 1.29 is 0 Å². The number of thioether (sulfide) groups is 1. The number of fused-ring (bicyclic) bond motifs is 1. The third-order valence-electron chi connectivity index (χ3n) is 2.35. The van der Waals surface area contributed by atoms with Gasteiger partial charge in [-0.15, -0.1) is 0 Å². The molecule has 1 aliphatic heterocycles. The third-order valence-corrected chi connectivity index (χ3v) is 3.78. The largest absolute Gasteiger partial charge is 0.222 e. The third kappa shape index (κ3) is 1.61. The van der Waals surface area contributed by atoms with E-state index < -0.39 is 0 Å². The number of allylic oxidation sites excluding steroid dienone is 5. The molecule has 0 atom stereocenters. The second-order valence-corrected chi connectivity index (χ2v) is 4.84. The zero-order valence-corrected chi connectivity index (χ0v) is 9.85. The first-order chi connectivity index (χ1) is 7.84. The lowest BCUT2D eigenvalue weighted by atomic mass is 10.2. The Morgan fingerprint density at radius 2 is 2.12 bits per heavy atom. The van der Waals surface area contributed by atoms with Crippen molar-refractivity contribution in [3.8, 4) is 0 Å². The Morgan fingerprint density at radius 1 is 1.25 bits per heavy atom. The Morgan fingerprint density at radius 3 is 3.06 bits per heavy atom. The SMILES string of the molecule is ClC1=Nc2ccccc2SC2=C1C=[C+]C=C2. The highest BCUT2D eigenvalue weighted by Gasteiger charge is 2.23. The maximum atomic E-state index is 6.20. The summed E-state index contributed by atoms with van der Waals surface area (Å²) in [6, 6.07) is 8.00. The van der Waals surface area contributed by atoms with Gasteiger partial charge in [-0.3, -0.25) is 0 Å². The Bertz CT molecular complexity index is 567. The molecule has 0 aromatic heterocycles. The zero-order valence-electron chi connectivity index (χ0n) is 8.27. The molecule has 1 heterocycles.